The number of aliphatic hydroxyl groups is 1. The predicted octanol–water partition coefficient (Wildman–Crippen LogP) is 1.99. The lowest BCUT2D eigenvalue weighted by Crippen LogP contribution is -2.19. The summed E-state index contributed by atoms with van der Waals surface area (Å²) in [6.45, 7) is 2.33. The van der Waals surface area contributed by atoms with Crippen LogP contribution in [0.5, 0.6) is 0 Å². The molecule has 0 aliphatic carbocycles. The van der Waals surface area contributed by atoms with Crippen LogP contribution in [0.15, 0.2) is 30.3 Å². The van der Waals surface area contributed by atoms with E-state index >= 15 is 0 Å². The Morgan fingerprint density at radius 1 is 1.47 bits per heavy atom. The lowest BCUT2D eigenvalue weighted by Gasteiger charge is -2.19. The molecule has 2 unspecified atom stereocenters. The van der Waals surface area contributed by atoms with Crippen molar-refractivity contribution in [3.63, 3.8) is 0 Å². The molecule has 0 aliphatic rings. The SMILES string of the molecule is CCOC(O)CP(=S)(S)c1ccccc1. The Labute approximate surface area is 101 Å². The number of thiol groups is 1. The molecule has 0 saturated carbocycles. The van der Waals surface area contributed by atoms with Gasteiger partial charge in [0.2, 0.25) is 0 Å². The standard InChI is InChI=1S/C10H15O2PS2/c1-2-12-10(11)8-13(14,15)9-6-4-3-5-7-9/h3-7,10-11H,2,8H2,1H3,(H,14,15). The van der Waals surface area contributed by atoms with E-state index in [1.165, 1.54) is 0 Å². The van der Waals surface area contributed by atoms with Gasteiger partial charge < -0.3 is 9.84 Å². The van der Waals surface area contributed by atoms with Crippen molar-refractivity contribution in [3.8, 4) is 0 Å². The van der Waals surface area contributed by atoms with Crippen LogP contribution in [0, 0.1) is 0 Å². The van der Waals surface area contributed by atoms with Gasteiger partial charge in [0.15, 0.2) is 6.29 Å². The molecule has 0 bridgehead atoms. The summed E-state index contributed by atoms with van der Waals surface area (Å²) in [4.78, 5) is 0. The molecule has 0 heterocycles. The van der Waals surface area contributed by atoms with E-state index in [2.05, 4.69) is 12.2 Å². The monoisotopic (exact) mass is 262 g/mol. The number of hydrogen-bond donors (Lipinski definition) is 2. The van der Waals surface area contributed by atoms with Crippen LogP contribution in [0.2, 0.25) is 0 Å². The summed E-state index contributed by atoms with van der Waals surface area (Å²) in [7, 11) is 0. The highest BCUT2D eigenvalue weighted by Crippen LogP contribution is 2.50. The lowest BCUT2D eigenvalue weighted by molar-refractivity contribution is -0.0769. The molecule has 0 spiro atoms. The van der Waals surface area contributed by atoms with Gasteiger partial charge in [0, 0.05) is 18.0 Å². The normalized spacial score (nSPS) is 17.0. The van der Waals surface area contributed by atoms with Crippen LogP contribution in [-0.4, -0.2) is 24.2 Å². The third kappa shape index (κ3) is 4.25. The van der Waals surface area contributed by atoms with Crippen LogP contribution in [0.25, 0.3) is 0 Å². The summed E-state index contributed by atoms with van der Waals surface area (Å²) < 4.78 is 5.07. The van der Waals surface area contributed by atoms with Crippen LogP contribution in [0.4, 0.5) is 0 Å². The zero-order valence-electron chi connectivity index (χ0n) is 8.54. The van der Waals surface area contributed by atoms with Gasteiger partial charge in [0.25, 0.3) is 0 Å². The molecule has 0 aliphatic heterocycles. The summed E-state index contributed by atoms with van der Waals surface area (Å²) in [6.07, 6.45) is -0.401. The minimum atomic E-state index is -1.98. The Hall–Kier alpha value is 0.140. The molecule has 0 amide bonds. The van der Waals surface area contributed by atoms with Gasteiger partial charge in [-0.3, -0.25) is 0 Å². The molecule has 2 atom stereocenters. The summed E-state index contributed by atoms with van der Waals surface area (Å²) in [5.74, 6) is 0. The van der Waals surface area contributed by atoms with Crippen molar-refractivity contribution >= 4 is 34.6 Å². The van der Waals surface area contributed by atoms with Gasteiger partial charge in [-0.15, -0.1) is 12.2 Å². The average Bonchev–Trinajstić information content (AvgIpc) is 2.18. The minimum absolute atomic E-state index is 0.406. The fraction of sp³-hybridized carbons (Fsp3) is 0.400. The first-order chi connectivity index (χ1) is 7.06. The molecule has 0 fully saturated rings. The second-order valence-corrected chi connectivity index (χ2v) is 10.1. The van der Waals surface area contributed by atoms with E-state index in [1.54, 1.807) is 0 Å². The number of hydrogen-bond acceptors (Lipinski definition) is 3. The van der Waals surface area contributed by atoms with Crippen LogP contribution in [-0.2, 0) is 16.5 Å². The molecule has 15 heavy (non-hydrogen) atoms. The number of benzene rings is 1. The first kappa shape index (κ1) is 13.2. The minimum Gasteiger partial charge on any atom is -0.368 e. The number of ether oxygens (including phenoxy) is 1. The molecular formula is C10H15O2PS2. The average molecular weight is 262 g/mol. The van der Waals surface area contributed by atoms with Crippen molar-refractivity contribution in [2.24, 2.45) is 0 Å². The zero-order valence-corrected chi connectivity index (χ0v) is 11.1. The third-order valence-electron chi connectivity index (χ3n) is 1.92. The van der Waals surface area contributed by atoms with Crippen LogP contribution in [0.3, 0.4) is 0 Å². The van der Waals surface area contributed by atoms with Gasteiger partial charge in [0.05, 0.1) is 0 Å². The van der Waals surface area contributed by atoms with E-state index in [0.29, 0.717) is 12.8 Å². The first-order valence-electron chi connectivity index (χ1n) is 4.73. The van der Waals surface area contributed by atoms with Gasteiger partial charge in [-0.2, -0.15) is 0 Å². The van der Waals surface area contributed by atoms with Crippen LogP contribution < -0.4 is 5.30 Å². The van der Waals surface area contributed by atoms with E-state index in [-0.39, 0.29) is 0 Å². The molecule has 0 radical (unpaired) electrons. The Kier molecular flexibility index (Phi) is 5.30. The molecular weight excluding hydrogens is 247 g/mol. The molecule has 1 N–H and O–H groups in total. The van der Waals surface area contributed by atoms with Crippen molar-refractivity contribution in [1.29, 1.82) is 0 Å². The van der Waals surface area contributed by atoms with Crippen molar-refractivity contribution < 1.29 is 9.84 Å². The fourth-order valence-corrected chi connectivity index (χ4v) is 4.17. The molecule has 0 aromatic heterocycles. The molecule has 0 saturated heterocycles. The molecule has 1 rings (SSSR count). The summed E-state index contributed by atoms with van der Waals surface area (Å²) in [5.41, 5.74) is 0. The summed E-state index contributed by atoms with van der Waals surface area (Å²) >= 11 is 9.93. The Balaban J connectivity index is 2.72. The first-order valence-corrected chi connectivity index (χ1v) is 8.87. The highest BCUT2D eigenvalue weighted by atomic mass is 32.9. The molecule has 1 aromatic rings. The Morgan fingerprint density at radius 2 is 2.07 bits per heavy atom. The van der Waals surface area contributed by atoms with Crippen molar-refractivity contribution in [2.45, 2.75) is 13.2 Å². The highest BCUT2D eigenvalue weighted by molar-refractivity contribution is 8.65. The van der Waals surface area contributed by atoms with Gasteiger partial charge in [0.1, 0.15) is 0 Å². The predicted molar refractivity (Wildman–Crippen MR) is 71.8 cm³/mol. The number of rotatable bonds is 5. The zero-order chi connectivity index (χ0) is 11.3. The van der Waals surface area contributed by atoms with E-state index < -0.39 is 11.5 Å². The second-order valence-electron chi connectivity index (χ2n) is 3.13. The van der Waals surface area contributed by atoms with E-state index in [9.17, 15) is 5.11 Å². The van der Waals surface area contributed by atoms with Crippen LogP contribution >= 0.6 is 17.5 Å². The smallest absolute Gasteiger partial charge is 0.160 e. The largest absolute Gasteiger partial charge is 0.368 e. The molecule has 84 valence electrons. The van der Waals surface area contributed by atoms with E-state index in [4.69, 9.17) is 16.5 Å². The van der Waals surface area contributed by atoms with Crippen LogP contribution in [0.1, 0.15) is 6.92 Å². The van der Waals surface area contributed by atoms with Crippen molar-refractivity contribution in [1.82, 2.24) is 0 Å². The van der Waals surface area contributed by atoms with E-state index in [0.717, 1.165) is 5.30 Å². The van der Waals surface area contributed by atoms with Crippen molar-refractivity contribution in [2.75, 3.05) is 12.8 Å². The van der Waals surface area contributed by atoms with E-state index in [1.807, 2.05) is 37.3 Å². The fourth-order valence-electron chi connectivity index (χ4n) is 1.22. The highest BCUT2D eigenvalue weighted by Gasteiger charge is 2.19. The molecule has 5 heteroatoms. The van der Waals surface area contributed by atoms with Gasteiger partial charge >= 0.3 is 0 Å². The quantitative estimate of drug-likeness (QED) is 0.483. The second kappa shape index (κ2) is 6.02. The topological polar surface area (TPSA) is 29.5 Å². The van der Waals surface area contributed by atoms with Gasteiger partial charge in [-0.05, 0) is 12.2 Å². The third-order valence-corrected chi connectivity index (χ3v) is 6.10. The lowest BCUT2D eigenvalue weighted by atomic mass is 10.4. The Morgan fingerprint density at radius 3 is 2.60 bits per heavy atom. The Bertz CT molecular complexity index is 343. The van der Waals surface area contributed by atoms with Gasteiger partial charge in [-0.25, -0.2) is 0 Å². The molecule has 1 aromatic carbocycles. The summed E-state index contributed by atoms with van der Waals surface area (Å²) in [5, 5.41) is 8.57. The number of aliphatic hydroxyl groups excluding tert-OH is 1. The summed E-state index contributed by atoms with van der Waals surface area (Å²) in [6, 6.07) is 9.70. The van der Waals surface area contributed by atoms with Gasteiger partial charge in [-0.1, -0.05) is 42.1 Å². The maximum atomic E-state index is 9.54. The maximum absolute atomic E-state index is 9.54. The molecule has 2 nitrogen and oxygen atoms in total. The van der Waals surface area contributed by atoms with Crippen molar-refractivity contribution in [3.05, 3.63) is 30.3 Å². The maximum Gasteiger partial charge on any atom is 0.160 e.